The van der Waals surface area contributed by atoms with Crippen molar-refractivity contribution in [2.75, 3.05) is 26.2 Å². The molecule has 0 amide bonds. The molecule has 1 fully saturated rings. The van der Waals surface area contributed by atoms with E-state index < -0.39 is 0 Å². The zero-order chi connectivity index (χ0) is 14.7. The topological polar surface area (TPSA) is 104 Å². The Hall–Kier alpha value is -2.24. The van der Waals surface area contributed by atoms with Crippen molar-refractivity contribution in [2.45, 2.75) is 19.4 Å². The highest BCUT2D eigenvalue weighted by atomic mass is 16.5. The van der Waals surface area contributed by atoms with Crippen LogP contribution in [0, 0.1) is 11.3 Å². The largest absolute Gasteiger partial charge is 0.367 e. The highest BCUT2D eigenvalue weighted by Crippen LogP contribution is 2.24. The third kappa shape index (κ3) is 2.79. The first-order valence-electron chi connectivity index (χ1n) is 6.93. The number of nitriles is 1. The van der Waals surface area contributed by atoms with E-state index in [0.29, 0.717) is 23.7 Å². The molecule has 1 aliphatic heterocycles. The van der Waals surface area contributed by atoms with Crippen LogP contribution >= 0.6 is 0 Å². The maximum atomic E-state index is 8.98. The first kappa shape index (κ1) is 13.7. The smallest absolute Gasteiger partial charge is 0.262 e. The molecule has 2 aromatic rings. The van der Waals surface area contributed by atoms with Crippen LogP contribution < -0.4 is 0 Å². The highest BCUT2D eigenvalue weighted by molar-refractivity contribution is 5.59. The van der Waals surface area contributed by atoms with E-state index >= 15 is 0 Å². The van der Waals surface area contributed by atoms with Gasteiger partial charge in [0.1, 0.15) is 17.9 Å². The van der Waals surface area contributed by atoms with Crippen molar-refractivity contribution >= 4 is 0 Å². The predicted octanol–water partition coefficient (Wildman–Crippen LogP) is 1.11. The molecule has 21 heavy (non-hydrogen) atoms. The van der Waals surface area contributed by atoms with Gasteiger partial charge in [0.2, 0.25) is 5.82 Å². The second kappa shape index (κ2) is 6.03. The molecule has 1 saturated heterocycles. The van der Waals surface area contributed by atoms with Gasteiger partial charge in [-0.15, -0.1) is 0 Å². The predicted molar refractivity (Wildman–Crippen MR) is 72.0 cm³/mol. The van der Waals surface area contributed by atoms with Gasteiger partial charge in [-0.05, 0) is 13.0 Å². The summed E-state index contributed by atoms with van der Waals surface area (Å²) in [6.45, 7) is 5.52. The molecule has 1 N–H and O–H groups in total. The molecular weight excluding hydrogens is 272 g/mol. The van der Waals surface area contributed by atoms with E-state index in [-0.39, 0.29) is 12.0 Å². The molecule has 3 rings (SSSR count). The van der Waals surface area contributed by atoms with Gasteiger partial charge in [-0.25, -0.2) is 0 Å². The van der Waals surface area contributed by atoms with E-state index in [1.807, 2.05) is 6.07 Å². The van der Waals surface area contributed by atoms with E-state index in [0.717, 1.165) is 26.1 Å². The molecule has 0 aliphatic carbocycles. The number of nitrogens with zero attached hydrogens (tertiary/aromatic N) is 5. The Kier molecular flexibility index (Phi) is 3.94. The van der Waals surface area contributed by atoms with Gasteiger partial charge in [0.05, 0.1) is 18.4 Å². The van der Waals surface area contributed by atoms with Gasteiger partial charge in [-0.3, -0.25) is 10.00 Å². The van der Waals surface area contributed by atoms with Crippen LogP contribution in [-0.4, -0.2) is 51.5 Å². The number of H-pyrrole nitrogens is 1. The molecule has 1 atom stereocenters. The molecule has 0 aromatic carbocycles. The summed E-state index contributed by atoms with van der Waals surface area (Å²) in [7, 11) is 0. The van der Waals surface area contributed by atoms with Gasteiger partial charge in [0, 0.05) is 13.1 Å². The normalized spacial score (nSPS) is 19.5. The zero-order valence-corrected chi connectivity index (χ0v) is 11.7. The lowest BCUT2D eigenvalue weighted by Gasteiger charge is -2.30. The number of morpholine rings is 1. The van der Waals surface area contributed by atoms with Crippen molar-refractivity contribution in [3.05, 3.63) is 17.7 Å². The Labute approximate surface area is 121 Å². The number of hydrogen-bond donors (Lipinski definition) is 1. The number of ether oxygens (including phenoxy) is 1. The Morgan fingerprint density at radius 1 is 1.57 bits per heavy atom. The van der Waals surface area contributed by atoms with E-state index in [1.54, 1.807) is 0 Å². The second-order valence-electron chi connectivity index (χ2n) is 4.89. The van der Waals surface area contributed by atoms with Gasteiger partial charge in [-0.2, -0.15) is 15.3 Å². The fraction of sp³-hybridized carbons (Fsp3) is 0.538. The zero-order valence-electron chi connectivity index (χ0n) is 11.7. The molecule has 1 aliphatic rings. The van der Waals surface area contributed by atoms with Crippen molar-refractivity contribution in [1.82, 2.24) is 25.2 Å². The summed E-state index contributed by atoms with van der Waals surface area (Å²) in [5.74, 6) is 0.794. The minimum Gasteiger partial charge on any atom is -0.367 e. The lowest BCUT2D eigenvalue weighted by molar-refractivity contribution is -0.0350. The summed E-state index contributed by atoms with van der Waals surface area (Å²) < 4.78 is 10.9. The number of nitrogens with one attached hydrogen (secondary N) is 1. The number of hydrogen-bond acceptors (Lipinski definition) is 7. The van der Waals surface area contributed by atoms with E-state index in [4.69, 9.17) is 14.5 Å². The number of aromatic amines is 1. The first-order valence-corrected chi connectivity index (χ1v) is 6.93. The molecule has 0 bridgehead atoms. The highest BCUT2D eigenvalue weighted by Gasteiger charge is 2.26. The maximum absolute atomic E-state index is 8.98. The van der Waals surface area contributed by atoms with E-state index in [1.165, 1.54) is 6.20 Å². The monoisotopic (exact) mass is 288 g/mol. The Balaban J connectivity index is 1.77. The van der Waals surface area contributed by atoms with Crippen LogP contribution in [0.5, 0.6) is 0 Å². The van der Waals surface area contributed by atoms with Crippen LogP contribution in [0.4, 0.5) is 0 Å². The first-order chi connectivity index (χ1) is 10.3. The molecule has 1 unspecified atom stereocenters. The fourth-order valence-corrected chi connectivity index (χ4v) is 2.39. The van der Waals surface area contributed by atoms with Gasteiger partial charge in [-0.1, -0.05) is 12.1 Å². The summed E-state index contributed by atoms with van der Waals surface area (Å²) in [6.07, 6.45) is 2.41. The minimum absolute atomic E-state index is 0.194. The molecule has 110 valence electrons. The molecule has 8 nitrogen and oxygen atoms in total. The fourth-order valence-electron chi connectivity index (χ4n) is 2.39. The molecule has 2 aromatic heterocycles. The van der Waals surface area contributed by atoms with Crippen LogP contribution in [0.1, 0.15) is 31.0 Å². The lowest BCUT2D eigenvalue weighted by Crippen LogP contribution is -2.39. The Morgan fingerprint density at radius 2 is 2.48 bits per heavy atom. The van der Waals surface area contributed by atoms with Crippen LogP contribution in [0.2, 0.25) is 0 Å². The summed E-state index contributed by atoms with van der Waals surface area (Å²) >= 11 is 0. The van der Waals surface area contributed by atoms with Crippen LogP contribution in [0.3, 0.4) is 0 Å². The van der Waals surface area contributed by atoms with Crippen molar-refractivity contribution in [3.8, 4) is 17.5 Å². The quantitative estimate of drug-likeness (QED) is 0.898. The van der Waals surface area contributed by atoms with Crippen molar-refractivity contribution in [3.63, 3.8) is 0 Å². The average Bonchev–Trinajstić information content (AvgIpc) is 3.16. The Morgan fingerprint density at radius 3 is 3.29 bits per heavy atom. The lowest BCUT2D eigenvalue weighted by atomic mass is 10.2. The van der Waals surface area contributed by atoms with E-state index in [2.05, 4.69) is 32.2 Å². The van der Waals surface area contributed by atoms with Crippen molar-refractivity contribution < 1.29 is 9.26 Å². The van der Waals surface area contributed by atoms with Crippen LogP contribution in [0.25, 0.3) is 11.5 Å². The second-order valence-corrected chi connectivity index (χ2v) is 4.89. The third-order valence-electron chi connectivity index (χ3n) is 3.40. The third-order valence-corrected chi connectivity index (χ3v) is 3.40. The summed E-state index contributed by atoms with van der Waals surface area (Å²) in [4.78, 5) is 6.66. The van der Waals surface area contributed by atoms with Crippen molar-refractivity contribution in [1.29, 1.82) is 5.26 Å². The summed E-state index contributed by atoms with van der Waals surface area (Å²) in [6, 6.07) is 2.00. The molecule has 0 radical (unpaired) electrons. The number of rotatable bonds is 4. The van der Waals surface area contributed by atoms with E-state index in [9.17, 15) is 0 Å². The Bertz CT molecular complexity index is 641. The number of aromatic nitrogens is 4. The summed E-state index contributed by atoms with van der Waals surface area (Å²) in [5, 5.41) is 19.4. The maximum Gasteiger partial charge on any atom is 0.262 e. The molecular formula is C13H16N6O2. The van der Waals surface area contributed by atoms with Crippen LogP contribution in [0.15, 0.2) is 10.7 Å². The van der Waals surface area contributed by atoms with Gasteiger partial charge >= 0.3 is 0 Å². The van der Waals surface area contributed by atoms with Gasteiger partial charge in [0.15, 0.2) is 0 Å². The van der Waals surface area contributed by atoms with Crippen molar-refractivity contribution in [2.24, 2.45) is 0 Å². The molecule has 3 heterocycles. The average molecular weight is 288 g/mol. The van der Waals surface area contributed by atoms with Crippen LogP contribution in [-0.2, 0) is 4.74 Å². The molecule has 8 heteroatoms. The molecule has 0 spiro atoms. The standard InChI is InChI=1S/C13H16N6O2/c1-2-3-19-4-5-20-11(8-19)12-16-13(21-18-12)9-7-15-17-10(9)6-14/h7,11H,2-5,8H2,1H3,(H,15,17). The summed E-state index contributed by atoms with van der Waals surface area (Å²) in [5.41, 5.74) is 0.819. The SMILES string of the molecule is CCCN1CCOC(c2noc(-c3cn[nH]c3C#N)n2)C1. The molecule has 0 saturated carbocycles. The minimum atomic E-state index is -0.194. The van der Waals surface area contributed by atoms with Gasteiger partial charge < -0.3 is 9.26 Å². The van der Waals surface area contributed by atoms with Gasteiger partial charge in [0.25, 0.3) is 5.89 Å².